The van der Waals surface area contributed by atoms with Gasteiger partial charge in [0.15, 0.2) is 0 Å². The molecule has 0 aromatic carbocycles. The molecular weight excluding hydrogens is 178 g/mol. The van der Waals surface area contributed by atoms with Crippen LogP contribution >= 0.6 is 0 Å². The average molecular weight is 199 g/mol. The molecule has 1 saturated carbocycles. The van der Waals surface area contributed by atoms with Crippen LogP contribution in [0.4, 0.5) is 0 Å². The molecule has 3 nitrogen and oxygen atoms in total. The van der Waals surface area contributed by atoms with E-state index >= 15 is 0 Å². The fourth-order valence-electron chi connectivity index (χ4n) is 1.78. The van der Waals surface area contributed by atoms with Crippen molar-refractivity contribution in [3.63, 3.8) is 0 Å². The van der Waals surface area contributed by atoms with Gasteiger partial charge in [-0.3, -0.25) is 4.79 Å². The van der Waals surface area contributed by atoms with E-state index in [1.165, 1.54) is 20.0 Å². The van der Waals surface area contributed by atoms with E-state index in [1.807, 2.05) is 0 Å². The molecule has 0 N–H and O–H groups in total. The summed E-state index contributed by atoms with van der Waals surface area (Å²) < 4.78 is 4.66. The topological polar surface area (TPSA) is 29.5 Å². The number of nitrogens with zero attached hydrogens (tertiary/aromatic N) is 1. The van der Waals surface area contributed by atoms with Crippen molar-refractivity contribution in [1.29, 1.82) is 0 Å². The monoisotopic (exact) mass is 199 g/mol. The molecule has 1 aliphatic rings. The molecule has 2 unspecified atom stereocenters. The van der Waals surface area contributed by atoms with E-state index in [9.17, 15) is 4.79 Å². The van der Waals surface area contributed by atoms with E-state index < -0.39 is 0 Å². The Hall–Kier alpha value is -0.570. The van der Waals surface area contributed by atoms with Crippen molar-refractivity contribution in [1.82, 2.24) is 4.90 Å². The zero-order valence-corrected chi connectivity index (χ0v) is 9.62. The van der Waals surface area contributed by atoms with Gasteiger partial charge in [-0.25, -0.2) is 0 Å². The molecule has 82 valence electrons. The van der Waals surface area contributed by atoms with E-state index in [0.29, 0.717) is 12.5 Å². The van der Waals surface area contributed by atoms with Crippen LogP contribution in [0.15, 0.2) is 0 Å². The van der Waals surface area contributed by atoms with E-state index in [0.717, 1.165) is 5.92 Å². The minimum absolute atomic E-state index is 0.118. The van der Waals surface area contributed by atoms with E-state index in [-0.39, 0.29) is 12.0 Å². The van der Waals surface area contributed by atoms with Crippen molar-refractivity contribution in [2.45, 2.75) is 45.2 Å². The molecule has 1 fully saturated rings. The highest BCUT2D eigenvalue weighted by Gasteiger charge is 2.32. The van der Waals surface area contributed by atoms with Crippen LogP contribution in [0.5, 0.6) is 0 Å². The van der Waals surface area contributed by atoms with Crippen LogP contribution in [-0.2, 0) is 9.53 Å². The Kier molecular flexibility index (Phi) is 3.93. The van der Waals surface area contributed by atoms with Crippen LogP contribution in [-0.4, -0.2) is 37.1 Å². The lowest BCUT2D eigenvalue weighted by molar-refractivity contribution is -0.142. The Morgan fingerprint density at radius 2 is 2.07 bits per heavy atom. The summed E-state index contributed by atoms with van der Waals surface area (Å²) in [6.45, 7) is 4.32. The molecule has 0 aliphatic heterocycles. The van der Waals surface area contributed by atoms with Crippen molar-refractivity contribution in [3.8, 4) is 0 Å². The summed E-state index contributed by atoms with van der Waals surface area (Å²) in [4.78, 5) is 13.4. The van der Waals surface area contributed by atoms with Crippen molar-refractivity contribution in [3.05, 3.63) is 0 Å². The van der Waals surface area contributed by atoms with Crippen molar-refractivity contribution in [2.75, 3.05) is 14.2 Å². The van der Waals surface area contributed by atoms with Crippen LogP contribution < -0.4 is 0 Å². The Balaban J connectivity index is 2.34. The van der Waals surface area contributed by atoms with Crippen LogP contribution in [0.3, 0.4) is 0 Å². The van der Waals surface area contributed by atoms with Crippen molar-refractivity contribution < 1.29 is 9.53 Å². The SMILES string of the molecule is COC(=O)CC(C)N(C)C(C)C1CC1. The second-order valence-corrected chi connectivity index (χ2v) is 4.37. The van der Waals surface area contributed by atoms with Gasteiger partial charge in [-0.1, -0.05) is 0 Å². The predicted octanol–water partition coefficient (Wildman–Crippen LogP) is 1.67. The molecule has 3 heteroatoms. The second kappa shape index (κ2) is 4.78. The first kappa shape index (κ1) is 11.5. The van der Waals surface area contributed by atoms with Gasteiger partial charge in [0.25, 0.3) is 0 Å². The van der Waals surface area contributed by atoms with E-state index in [2.05, 4.69) is 30.5 Å². The normalized spacial score (nSPS) is 20.6. The zero-order valence-electron chi connectivity index (χ0n) is 9.62. The van der Waals surface area contributed by atoms with Crippen LogP contribution in [0, 0.1) is 5.92 Å². The summed E-state index contributed by atoms with van der Waals surface area (Å²) in [5, 5.41) is 0. The maximum absolute atomic E-state index is 11.1. The summed E-state index contributed by atoms with van der Waals surface area (Å²) in [7, 11) is 3.54. The summed E-state index contributed by atoms with van der Waals surface area (Å²) in [6, 6.07) is 0.868. The van der Waals surface area contributed by atoms with Gasteiger partial charge in [0.2, 0.25) is 0 Å². The fourth-order valence-corrected chi connectivity index (χ4v) is 1.78. The molecule has 0 aromatic rings. The van der Waals surface area contributed by atoms with Gasteiger partial charge in [0, 0.05) is 12.1 Å². The lowest BCUT2D eigenvalue weighted by atomic mass is 10.1. The number of methoxy groups -OCH3 is 1. The van der Waals surface area contributed by atoms with Crippen molar-refractivity contribution >= 4 is 5.97 Å². The maximum atomic E-state index is 11.1. The fraction of sp³-hybridized carbons (Fsp3) is 0.909. The van der Waals surface area contributed by atoms with Gasteiger partial charge in [0.1, 0.15) is 0 Å². The van der Waals surface area contributed by atoms with Gasteiger partial charge in [-0.15, -0.1) is 0 Å². The minimum Gasteiger partial charge on any atom is -0.469 e. The number of carbonyl (C=O) groups is 1. The molecule has 0 saturated heterocycles. The number of hydrogen-bond donors (Lipinski definition) is 0. The Bertz CT molecular complexity index is 201. The molecule has 1 aliphatic carbocycles. The molecule has 0 heterocycles. The first-order valence-electron chi connectivity index (χ1n) is 5.35. The summed E-state index contributed by atoms with van der Waals surface area (Å²) in [5.74, 6) is 0.729. The number of rotatable bonds is 5. The minimum atomic E-state index is -0.118. The zero-order chi connectivity index (χ0) is 10.7. The van der Waals surface area contributed by atoms with Crippen LogP contribution in [0.1, 0.15) is 33.1 Å². The molecular formula is C11H21NO2. The average Bonchev–Trinajstić information content (AvgIpc) is 2.98. The van der Waals surface area contributed by atoms with Gasteiger partial charge < -0.3 is 9.64 Å². The van der Waals surface area contributed by atoms with E-state index in [1.54, 1.807) is 0 Å². The third-order valence-corrected chi connectivity index (χ3v) is 3.33. The molecule has 2 atom stereocenters. The molecule has 0 bridgehead atoms. The number of esters is 1. The second-order valence-electron chi connectivity index (χ2n) is 4.37. The lowest BCUT2D eigenvalue weighted by Crippen LogP contribution is -2.39. The number of hydrogen-bond acceptors (Lipinski definition) is 3. The van der Waals surface area contributed by atoms with Gasteiger partial charge >= 0.3 is 5.97 Å². The quantitative estimate of drug-likeness (QED) is 0.631. The van der Waals surface area contributed by atoms with Gasteiger partial charge in [0.05, 0.1) is 13.5 Å². The molecule has 0 spiro atoms. The first-order chi connectivity index (χ1) is 6.56. The molecule has 14 heavy (non-hydrogen) atoms. The van der Waals surface area contributed by atoms with Gasteiger partial charge in [-0.05, 0) is 39.7 Å². The molecule has 0 amide bonds. The molecule has 0 aromatic heterocycles. The lowest BCUT2D eigenvalue weighted by Gasteiger charge is -2.30. The third-order valence-electron chi connectivity index (χ3n) is 3.33. The highest BCUT2D eigenvalue weighted by Crippen LogP contribution is 2.35. The molecule has 0 radical (unpaired) electrons. The smallest absolute Gasteiger partial charge is 0.307 e. The molecule has 1 rings (SSSR count). The Morgan fingerprint density at radius 3 is 2.50 bits per heavy atom. The summed E-state index contributed by atoms with van der Waals surface area (Å²) in [5.41, 5.74) is 0. The maximum Gasteiger partial charge on any atom is 0.307 e. The van der Waals surface area contributed by atoms with Crippen molar-refractivity contribution in [2.24, 2.45) is 5.92 Å². The third kappa shape index (κ3) is 2.98. The Morgan fingerprint density at radius 1 is 1.50 bits per heavy atom. The first-order valence-corrected chi connectivity index (χ1v) is 5.35. The standard InChI is InChI=1S/C11H21NO2/c1-8(7-11(13)14-4)12(3)9(2)10-5-6-10/h8-10H,5-7H2,1-4H3. The number of ether oxygens (including phenoxy) is 1. The van der Waals surface area contributed by atoms with E-state index in [4.69, 9.17) is 0 Å². The van der Waals surface area contributed by atoms with Crippen LogP contribution in [0.25, 0.3) is 0 Å². The largest absolute Gasteiger partial charge is 0.469 e. The van der Waals surface area contributed by atoms with Gasteiger partial charge in [-0.2, -0.15) is 0 Å². The highest BCUT2D eigenvalue weighted by atomic mass is 16.5. The number of carbonyl (C=O) groups excluding carboxylic acids is 1. The van der Waals surface area contributed by atoms with Crippen LogP contribution in [0.2, 0.25) is 0 Å². The highest BCUT2D eigenvalue weighted by molar-refractivity contribution is 5.69. The summed E-state index contributed by atoms with van der Waals surface area (Å²) >= 11 is 0. The predicted molar refractivity (Wildman–Crippen MR) is 56.0 cm³/mol. The summed E-state index contributed by atoms with van der Waals surface area (Å²) in [6.07, 6.45) is 3.18. The Labute approximate surface area is 86.4 Å².